The molecular weight excluding hydrogens is 236 g/mol. The van der Waals surface area contributed by atoms with Crippen LogP contribution in [0.1, 0.15) is 26.3 Å². The van der Waals surface area contributed by atoms with Gasteiger partial charge in [-0.2, -0.15) is 0 Å². The molecule has 1 aliphatic rings. The molecule has 0 fully saturated rings. The minimum Gasteiger partial charge on any atom is -0.289 e. The Balaban J connectivity index is 0.000000163. The molecule has 0 unspecified atom stereocenters. The highest BCUT2D eigenvalue weighted by molar-refractivity contribution is 6.21. The third-order valence-electron chi connectivity index (χ3n) is 2.78. The van der Waals surface area contributed by atoms with Crippen molar-refractivity contribution in [3.8, 4) is 0 Å². The fourth-order valence-electron chi connectivity index (χ4n) is 1.78. The number of benzene rings is 2. The van der Waals surface area contributed by atoms with Gasteiger partial charge in [-0.15, -0.1) is 0 Å². The van der Waals surface area contributed by atoms with E-state index in [9.17, 15) is 9.59 Å². The highest BCUT2D eigenvalue weighted by atomic mass is 16.1. The smallest absolute Gasteiger partial charge is 0.186 e. The minimum absolute atomic E-state index is 0.0924. The molecule has 2 aromatic carbocycles. The zero-order valence-electron chi connectivity index (χ0n) is 10.7. The van der Waals surface area contributed by atoms with E-state index in [2.05, 4.69) is 19.1 Å². The molecule has 0 bridgehead atoms. The molecule has 0 heterocycles. The third kappa shape index (κ3) is 3.26. The van der Waals surface area contributed by atoms with Crippen molar-refractivity contribution in [3.05, 3.63) is 83.4 Å². The predicted molar refractivity (Wildman–Crippen MR) is 75.4 cm³/mol. The molecular formula is C17H14O2. The summed E-state index contributed by atoms with van der Waals surface area (Å²) in [5, 5.41) is 0. The molecule has 3 rings (SSSR count). The van der Waals surface area contributed by atoms with E-state index in [1.54, 1.807) is 24.3 Å². The van der Waals surface area contributed by atoms with Crippen LogP contribution in [0.2, 0.25) is 0 Å². The van der Waals surface area contributed by atoms with Crippen LogP contribution >= 0.6 is 0 Å². The first-order valence-corrected chi connectivity index (χ1v) is 6.06. The molecule has 2 aromatic rings. The summed E-state index contributed by atoms with van der Waals surface area (Å²) in [6.07, 6.45) is 2.62. The van der Waals surface area contributed by atoms with E-state index in [1.165, 1.54) is 17.7 Å². The topological polar surface area (TPSA) is 34.1 Å². The molecule has 0 radical (unpaired) electrons. The fourth-order valence-corrected chi connectivity index (χ4v) is 1.78. The Labute approximate surface area is 112 Å². The molecule has 2 nitrogen and oxygen atoms in total. The van der Waals surface area contributed by atoms with E-state index in [0.29, 0.717) is 11.1 Å². The van der Waals surface area contributed by atoms with Crippen LogP contribution in [0, 0.1) is 6.92 Å². The Bertz CT molecular complexity index is 588. The van der Waals surface area contributed by atoms with Crippen LogP contribution in [0.3, 0.4) is 0 Å². The lowest BCUT2D eigenvalue weighted by atomic mass is 9.95. The SMILES string of the molecule is Cc1ccccc1.O=C1C=CC(=O)c2ccccc21. The highest BCUT2D eigenvalue weighted by Crippen LogP contribution is 2.15. The molecule has 0 saturated heterocycles. The summed E-state index contributed by atoms with van der Waals surface area (Å²) < 4.78 is 0. The van der Waals surface area contributed by atoms with E-state index in [-0.39, 0.29) is 11.6 Å². The van der Waals surface area contributed by atoms with Crippen LogP contribution in [0.25, 0.3) is 0 Å². The molecule has 0 N–H and O–H groups in total. The van der Waals surface area contributed by atoms with Crippen molar-refractivity contribution in [1.82, 2.24) is 0 Å². The summed E-state index contributed by atoms with van der Waals surface area (Å²) in [6.45, 7) is 2.08. The van der Waals surface area contributed by atoms with Gasteiger partial charge in [0.15, 0.2) is 11.6 Å². The van der Waals surface area contributed by atoms with Gasteiger partial charge < -0.3 is 0 Å². The van der Waals surface area contributed by atoms with Crippen molar-refractivity contribution in [2.24, 2.45) is 0 Å². The highest BCUT2D eigenvalue weighted by Gasteiger charge is 2.16. The van der Waals surface area contributed by atoms with E-state index in [0.717, 1.165) is 0 Å². The summed E-state index contributed by atoms with van der Waals surface area (Å²) in [5.41, 5.74) is 2.33. The van der Waals surface area contributed by atoms with Gasteiger partial charge in [-0.25, -0.2) is 0 Å². The number of fused-ring (bicyclic) bond motifs is 1. The van der Waals surface area contributed by atoms with E-state index >= 15 is 0 Å². The second-order valence-electron chi connectivity index (χ2n) is 4.26. The summed E-state index contributed by atoms with van der Waals surface area (Å²) in [7, 11) is 0. The Morgan fingerprint density at radius 1 is 0.632 bits per heavy atom. The second kappa shape index (κ2) is 5.91. The maximum absolute atomic E-state index is 11.2. The molecule has 0 aromatic heterocycles. The van der Waals surface area contributed by atoms with Gasteiger partial charge in [0.1, 0.15) is 0 Å². The monoisotopic (exact) mass is 250 g/mol. The van der Waals surface area contributed by atoms with Crippen LogP contribution in [0.4, 0.5) is 0 Å². The zero-order chi connectivity index (χ0) is 13.7. The Hall–Kier alpha value is -2.48. The molecule has 0 spiro atoms. The lowest BCUT2D eigenvalue weighted by molar-refractivity contribution is 0.0994. The van der Waals surface area contributed by atoms with Crippen molar-refractivity contribution in [2.75, 3.05) is 0 Å². The van der Waals surface area contributed by atoms with Crippen molar-refractivity contribution in [3.63, 3.8) is 0 Å². The van der Waals surface area contributed by atoms with Crippen LogP contribution in [0.15, 0.2) is 66.7 Å². The molecule has 2 heteroatoms. The lowest BCUT2D eigenvalue weighted by Gasteiger charge is -2.06. The first-order valence-electron chi connectivity index (χ1n) is 6.06. The quantitative estimate of drug-likeness (QED) is 0.715. The van der Waals surface area contributed by atoms with Crippen molar-refractivity contribution < 1.29 is 9.59 Å². The predicted octanol–water partition coefficient (Wildman–Crippen LogP) is 3.62. The van der Waals surface area contributed by atoms with E-state index in [1.807, 2.05) is 18.2 Å². The average Bonchev–Trinajstić information content (AvgIpc) is 2.45. The maximum atomic E-state index is 11.2. The summed E-state index contributed by atoms with van der Waals surface area (Å²) in [4.78, 5) is 22.4. The van der Waals surface area contributed by atoms with Gasteiger partial charge in [0.25, 0.3) is 0 Å². The number of allylic oxidation sites excluding steroid dienone is 2. The lowest BCUT2D eigenvalue weighted by Crippen LogP contribution is -2.10. The molecule has 19 heavy (non-hydrogen) atoms. The van der Waals surface area contributed by atoms with Crippen LogP contribution in [-0.4, -0.2) is 11.6 Å². The number of hydrogen-bond acceptors (Lipinski definition) is 2. The molecule has 1 aliphatic carbocycles. The Morgan fingerprint density at radius 2 is 1.05 bits per heavy atom. The van der Waals surface area contributed by atoms with Crippen molar-refractivity contribution >= 4 is 11.6 Å². The number of rotatable bonds is 0. The fraction of sp³-hybridized carbons (Fsp3) is 0.0588. The first-order chi connectivity index (χ1) is 9.18. The summed E-state index contributed by atoms with van der Waals surface area (Å²) in [6, 6.07) is 17.1. The maximum Gasteiger partial charge on any atom is 0.186 e. The van der Waals surface area contributed by atoms with Gasteiger partial charge >= 0.3 is 0 Å². The van der Waals surface area contributed by atoms with Gasteiger partial charge in [-0.1, -0.05) is 60.2 Å². The normalized spacial score (nSPS) is 12.5. The van der Waals surface area contributed by atoms with Crippen LogP contribution < -0.4 is 0 Å². The largest absolute Gasteiger partial charge is 0.289 e. The molecule has 0 amide bonds. The summed E-state index contributed by atoms with van der Waals surface area (Å²) in [5.74, 6) is -0.185. The van der Waals surface area contributed by atoms with Gasteiger partial charge in [0, 0.05) is 11.1 Å². The van der Waals surface area contributed by atoms with Crippen LogP contribution in [0.5, 0.6) is 0 Å². The summed E-state index contributed by atoms with van der Waals surface area (Å²) >= 11 is 0. The standard InChI is InChI=1S/C10H6O2.C7H8/c11-9-5-6-10(12)8-4-2-1-3-7(8)9;1-7-5-3-2-4-6-7/h1-6H;2-6H,1H3. The third-order valence-corrected chi connectivity index (χ3v) is 2.78. The zero-order valence-corrected chi connectivity index (χ0v) is 10.7. The number of carbonyl (C=O) groups is 2. The Kier molecular flexibility index (Phi) is 4.04. The molecule has 0 aliphatic heterocycles. The number of hydrogen-bond donors (Lipinski definition) is 0. The molecule has 0 atom stereocenters. The van der Waals surface area contributed by atoms with Gasteiger partial charge in [-0.05, 0) is 19.1 Å². The van der Waals surface area contributed by atoms with Gasteiger partial charge in [0.2, 0.25) is 0 Å². The van der Waals surface area contributed by atoms with Gasteiger partial charge in [-0.3, -0.25) is 9.59 Å². The van der Waals surface area contributed by atoms with E-state index in [4.69, 9.17) is 0 Å². The Morgan fingerprint density at radius 3 is 1.42 bits per heavy atom. The average molecular weight is 250 g/mol. The van der Waals surface area contributed by atoms with Crippen molar-refractivity contribution in [2.45, 2.75) is 6.92 Å². The number of carbonyl (C=O) groups excluding carboxylic acids is 2. The van der Waals surface area contributed by atoms with E-state index < -0.39 is 0 Å². The van der Waals surface area contributed by atoms with Crippen LogP contribution in [-0.2, 0) is 0 Å². The minimum atomic E-state index is -0.0924. The number of aryl methyl sites for hydroxylation is 1. The molecule has 94 valence electrons. The molecule has 0 saturated carbocycles. The van der Waals surface area contributed by atoms with Crippen molar-refractivity contribution in [1.29, 1.82) is 0 Å². The van der Waals surface area contributed by atoms with Gasteiger partial charge in [0.05, 0.1) is 0 Å². The first kappa shape index (κ1) is 13.0. The number of ketones is 2. The second-order valence-corrected chi connectivity index (χ2v) is 4.26.